The van der Waals surface area contributed by atoms with Crippen molar-refractivity contribution in [3.8, 4) is 0 Å². The van der Waals surface area contributed by atoms with Crippen molar-refractivity contribution in [1.29, 1.82) is 0 Å². The van der Waals surface area contributed by atoms with Crippen LogP contribution in [0.1, 0.15) is 233 Å². The van der Waals surface area contributed by atoms with E-state index in [1.54, 1.807) is 0 Å². The van der Waals surface area contributed by atoms with E-state index >= 15 is 0 Å². The molecule has 0 aliphatic heterocycles. The largest absolute Gasteiger partial charge is 0.462 e. The molecule has 0 N–H and O–H groups in total. The van der Waals surface area contributed by atoms with Gasteiger partial charge in [-0.15, -0.1) is 0 Å². The number of hydrogen-bond acceptors (Lipinski definition) is 6. The third-order valence-corrected chi connectivity index (χ3v) is 11.2. The molecule has 0 bridgehead atoms. The number of rotatable bonds is 48. The summed E-state index contributed by atoms with van der Waals surface area (Å²) in [5.74, 6) is -0.954. The lowest BCUT2D eigenvalue weighted by Crippen LogP contribution is -2.30. The lowest BCUT2D eigenvalue weighted by atomic mass is 10.1. The molecule has 6 heteroatoms. The molecule has 1 unspecified atom stereocenters. The molecule has 0 rings (SSSR count). The van der Waals surface area contributed by atoms with Crippen molar-refractivity contribution in [3.63, 3.8) is 0 Å². The number of unbranched alkanes of at least 4 members (excludes halogenated alkanes) is 17. The fraction of sp³-hybridized carbons (Fsp3) is 0.629. The van der Waals surface area contributed by atoms with Gasteiger partial charge in [-0.2, -0.15) is 0 Å². The molecule has 384 valence electrons. The van der Waals surface area contributed by atoms with Gasteiger partial charge in [0.15, 0.2) is 6.10 Å². The van der Waals surface area contributed by atoms with Crippen molar-refractivity contribution < 1.29 is 28.6 Å². The molecule has 6 nitrogen and oxygen atoms in total. The van der Waals surface area contributed by atoms with Gasteiger partial charge in [0.2, 0.25) is 0 Å². The van der Waals surface area contributed by atoms with Gasteiger partial charge in [0.25, 0.3) is 0 Å². The van der Waals surface area contributed by atoms with Crippen LogP contribution in [0.5, 0.6) is 0 Å². The molecule has 0 aromatic heterocycles. The first kappa shape index (κ1) is 63.8. The minimum absolute atomic E-state index is 0.0941. The Kier molecular flexibility index (Phi) is 52.0. The van der Waals surface area contributed by atoms with Gasteiger partial charge in [-0.25, -0.2) is 0 Å². The van der Waals surface area contributed by atoms with Crippen LogP contribution in [0.15, 0.2) is 122 Å². The second-order valence-electron chi connectivity index (χ2n) is 17.8. The van der Waals surface area contributed by atoms with Crippen LogP contribution in [0.2, 0.25) is 0 Å². The van der Waals surface area contributed by atoms with Crippen molar-refractivity contribution in [2.75, 3.05) is 13.2 Å². The van der Waals surface area contributed by atoms with Gasteiger partial charge in [-0.1, -0.05) is 219 Å². The molecular weight excluding hydrogens is 841 g/mol. The molecule has 0 saturated heterocycles. The van der Waals surface area contributed by atoms with Crippen LogP contribution in [-0.2, 0) is 28.6 Å². The second kappa shape index (κ2) is 55.4. The zero-order valence-corrected chi connectivity index (χ0v) is 43.8. The highest BCUT2D eigenvalue weighted by atomic mass is 16.6. The summed E-state index contributed by atoms with van der Waals surface area (Å²) in [5, 5.41) is 0. The predicted molar refractivity (Wildman–Crippen MR) is 293 cm³/mol. The smallest absolute Gasteiger partial charge is 0.306 e. The molecule has 0 aromatic carbocycles. The molecule has 1 atom stereocenters. The minimum Gasteiger partial charge on any atom is -0.462 e. The number of allylic oxidation sites excluding steroid dienone is 20. The first-order chi connectivity index (χ1) is 33.5. The Morgan fingerprint density at radius 1 is 0.309 bits per heavy atom. The van der Waals surface area contributed by atoms with Crippen LogP contribution in [0, 0.1) is 0 Å². The number of ether oxygens (including phenoxy) is 3. The van der Waals surface area contributed by atoms with Gasteiger partial charge in [0.05, 0.1) is 0 Å². The third-order valence-electron chi connectivity index (χ3n) is 11.2. The molecule has 0 fully saturated rings. The van der Waals surface area contributed by atoms with Crippen molar-refractivity contribution in [1.82, 2.24) is 0 Å². The van der Waals surface area contributed by atoms with E-state index < -0.39 is 6.10 Å². The minimum atomic E-state index is -0.794. The maximum absolute atomic E-state index is 12.7. The molecule has 0 aliphatic rings. The van der Waals surface area contributed by atoms with E-state index in [2.05, 4.69) is 142 Å². The Hall–Kier alpha value is -4.19. The number of carbonyl (C=O) groups excluding carboxylic acids is 3. The summed E-state index contributed by atoms with van der Waals surface area (Å²) >= 11 is 0. The molecule has 0 radical (unpaired) electrons. The summed E-state index contributed by atoms with van der Waals surface area (Å²) in [6, 6.07) is 0. The van der Waals surface area contributed by atoms with E-state index in [0.717, 1.165) is 135 Å². The Balaban J connectivity index is 4.22. The second-order valence-corrected chi connectivity index (χ2v) is 17.8. The molecule has 0 amide bonds. The van der Waals surface area contributed by atoms with E-state index in [-0.39, 0.29) is 31.1 Å². The predicted octanol–water partition coefficient (Wildman–Crippen LogP) is 18.5. The van der Waals surface area contributed by atoms with Gasteiger partial charge in [0, 0.05) is 19.3 Å². The Bertz CT molecular complexity index is 1450. The Morgan fingerprint density at radius 2 is 0.574 bits per heavy atom. The van der Waals surface area contributed by atoms with E-state index in [9.17, 15) is 14.4 Å². The van der Waals surface area contributed by atoms with Crippen LogP contribution < -0.4 is 0 Å². The van der Waals surface area contributed by atoms with Crippen LogP contribution in [-0.4, -0.2) is 37.2 Å². The zero-order valence-electron chi connectivity index (χ0n) is 43.8. The van der Waals surface area contributed by atoms with Gasteiger partial charge >= 0.3 is 17.9 Å². The highest BCUT2D eigenvalue weighted by molar-refractivity contribution is 5.71. The fourth-order valence-corrected chi connectivity index (χ4v) is 7.07. The Morgan fingerprint density at radius 3 is 0.941 bits per heavy atom. The molecule has 0 aromatic rings. The van der Waals surface area contributed by atoms with Crippen molar-refractivity contribution in [2.24, 2.45) is 0 Å². The molecule has 0 heterocycles. The maximum atomic E-state index is 12.7. The summed E-state index contributed by atoms with van der Waals surface area (Å²) < 4.78 is 16.7. The maximum Gasteiger partial charge on any atom is 0.306 e. The molecular formula is C62H100O6. The standard InChI is InChI=1S/C62H100O6/c1-4-7-10-13-16-18-20-22-23-24-25-26-27-28-29-30-31-32-33-34-35-36-37-38-39-41-42-44-46-49-52-55-61(64)67-58-59(57-66-60(63)54-51-48-15-12-9-6-3)68-62(65)56-53-50-47-45-43-40-21-19-17-14-11-8-5-2/h7,10,16,18-19,21-23,25-26,28-29,31-32,34-35,37-38,41-42,59H,4-6,8-9,11-15,17,20,24,27,30,33,36,39-40,43-58H2,1-3H3/b10-7-,18-16-,21-19-,23-22-,26-25-,29-28-,32-31-,35-34-,38-37-,42-41-. The summed E-state index contributed by atoms with van der Waals surface area (Å²) in [4.78, 5) is 37.7. The zero-order chi connectivity index (χ0) is 49.3. The third kappa shape index (κ3) is 52.8. The van der Waals surface area contributed by atoms with E-state index in [1.807, 2.05) is 0 Å². The number of hydrogen-bond donors (Lipinski definition) is 0. The van der Waals surface area contributed by atoms with Crippen LogP contribution in [0.25, 0.3) is 0 Å². The lowest BCUT2D eigenvalue weighted by Gasteiger charge is -2.18. The van der Waals surface area contributed by atoms with Crippen molar-refractivity contribution in [3.05, 3.63) is 122 Å². The van der Waals surface area contributed by atoms with E-state index in [1.165, 1.54) is 57.8 Å². The first-order valence-electron chi connectivity index (χ1n) is 27.5. The average Bonchev–Trinajstić information content (AvgIpc) is 3.34. The normalized spacial score (nSPS) is 13.0. The van der Waals surface area contributed by atoms with Crippen LogP contribution >= 0.6 is 0 Å². The average molecular weight is 941 g/mol. The topological polar surface area (TPSA) is 78.9 Å². The summed E-state index contributed by atoms with van der Waals surface area (Å²) in [5.41, 5.74) is 0. The Labute approximate surface area is 418 Å². The lowest BCUT2D eigenvalue weighted by molar-refractivity contribution is -0.167. The molecule has 0 aliphatic carbocycles. The van der Waals surface area contributed by atoms with E-state index in [0.29, 0.717) is 19.3 Å². The van der Waals surface area contributed by atoms with Crippen LogP contribution in [0.4, 0.5) is 0 Å². The first-order valence-corrected chi connectivity index (χ1v) is 27.5. The monoisotopic (exact) mass is 941 g/mol. The number of carbonyl (C=O) groups is 3. The molecule has 68 heavy (non-hydrogen) atoms. The number of esters is 3. The summed E-state index contributed by atoms with van der Waals surface area (Å²) in [6.07, 6.45) is 76.5. The molecule has 0 saturated carbocycles. The van der Waals surface area contributed by atoms with Gasteiger partial charge < -0.3 is 14.2 Å². The fourth-order valence-electron chi connectivity index (χ4n) is 7.07. The van der Waals surface area contributed by atoms with Gasteiger partial charge in [-0.05, 0) is 116 Å². The quantitative estimate of drug-likeness (QED) is 0.0262. The van der Waals surface area contributed by atoms with Crippen molar-refractivity contribution in [2.45, 2.75) is 239 Å². The SMILES string of the molecule is CC/C=C\C/C=C\C/C=C\C/C=C\C/C=C\C/C=C\C/C=C\C/C=C\C/C=C\CCCCCC(=O)OCC(COC(=O)CCCCCCCC)OC(=O)CCCCCCC/C=C\CCCCCC. The summed E-state index contributed by atoms with van der Waals surface area (Å²) in [7, 11) is 0. The van der Waals surface area contributed by atoms with Gasteiger partial charge in [0.1, 0.15) is 13.2 Å². The van der Waals surface area contributed by atoms with Crippen LogP contribution in [0.3, 0.4) is 0 Å². The van der Waals surface area contributed by atoms with Crippen molar-refractivity contribution >= 4 is 17.9 Å². The highest BCUT2D eigenvalue weighted by Crippen LogP contribution is 2.13. The molecule has 0 spiro atoms. The highest BCUT2D eigenvalue weighted by Gasteiger charge is 2.19. The van der Waals surface area contributed by atoms with Gasteiger partial charge in [-0.3, -0.25) is 14.4 Å². The van der Waals surface area contributed by atoms with E-state index in [4.69, 9.17) is 14.2 Å². The summed E-state index contributed by atoms with van der Waals surface area (Å²) in [6.45, 7) is 6.39.